The van der Waals surface area contributed by atoms with Gasteiger partial charge in [-0.05, 0) is 61.0 Å². The van der Waals surface area contributed by atoms with Gasteiger partial charge in [-0.25, -0.2) is 9.97 Å². The van der Waals surface area contributed by atoms with Gasteiger partial charge < -0.3 is 9.88 Å². The Bertz CT molecular complexity index is 1530. The van der Waals surface area contributed by atoms with Crippen LogP contribution in [0.15, 0.2) is 67.1 Å². The summed E-state index contributed by atoms with van der Waals surface area (Å²) in [4.78, 5) is 21.4. The van der Waals surface area contributed by atoms with Crippen molar-refractivity contribution < 1.29 is 4.79 Å². The summed E-state index contributed by atoms with van der Waals surface area (Å²) in [7, 11) is 2.06. The van der Waals surface area contributed by atoms with Crippen molar-refractivity contribution in [2.24, 2.45) is 13.0 Å². The highest BCUT2D eigenvalue weighted by Gasteiger charge is 2.29. The van der Waals surface area contributed by atoms with E-state index >= 15 is 0 Å². The van der Waals surface area contributed by atoms with Crippen molar-refractivity contribution in [1.29, 1.82) is 0 Å². The summed E-state index contributed by atoms with van der Waals surface area (Å²) in [5.74, 6) is 1.74. The number of aryl methyl sites for hydroxylation is 2. The first kappa shape index (κ1) is 21.0. The van der Waals surface area contributed by atoms with Crippen LogP contribution in [0.25, 0.3) is 33.2 Å². The lowest BCUT2D eigenvalue weighted by molar-refractivity contribution is -0.117. The summed E-state index contributed by atoms with van der Waals surface area (Å²) in [6.07, 6.45) is 5.71. The molecule has 1 aliphatic carbocycles. The average Bonchev–Trinajstić information content (AvgIpc) is 3.55. The fourth-order valence-corrected chi connectivity index (χ4v) is 5.31. The Hall–Kier alpha value is -3.58. The van der Waals surface area contributed by atoms with Crippen molar-refractivity contribution >= 4 is 45.6 Å². The number of anilines is 1. The number of carbonyl (C=O) groups is 1. The molecule has 3 heterocycles. The molecule has 5 aromatic rings. The number of nitrogens with one attached hydrogen (secondary N) is 1. The fourth-order valence-electron chi connectivity index (χ4n) is 4.43. The maximum atomic E-state index is 12.1. The van der Waals surface area contributed by atoms with E-state index in [1.54, 1.807) is 11.9 Å². The van der Waals surface area contributed by atoms with Crippen LogP contribution in [0.2, 0.25) is 0 Å². The third-order valence-electron chi connectivity index (χ3n) is 6.56. The van der Waals surface area contributed by atoms with Gasteiger partial charge in [0.1, 0.15) is 12.1 Å². The van der Waals surface area contributed by atoms with Gasteiger partial charge in [0, 0.05) is 35.4 Å². The topological polar surface area (TPSA) is 64.7 Å². The van der Waals surface area contributed by atoms with Crippen molar-refractivity contribution in [1.82, 2.24) is 18.5 Å². The number of fused-ring (bicyclic) bond motifs is 2. The zero-order valence-corrected chi connectivity index (χ0v) is 20.0. The number of aromatic nitrogens is 4. The quantitative estimate of drug-likeness (QED) is 0.335. The van der Waals surface area contributed by atoms with Crippen LogP contribution in [0.5, 0.6) is 0 Å². The molecule has 34 heavy (non-hydrogen) atoms. The SMILES string of the molecule is Cc1c(-c2cc3cc(NC(=O)C4CC4)ncc3n2C)ccc2c1ncn2SCc1ccccc1. The first-order valence-corrected chi connectivity index (χ1v) is 12.4. The smallest absolute Gasteiger partial charge is 0.228 e. The number of rotatable bonds is 6. The molecule has 1 aliphatic rings. The molecule has 6 rings (SSSR count). The highest BCUT2D eigenvalue weighted by atomic mass is 32.2. The van der Waals surface area contributed by atoms with Gasteiger partial charge in [0.15, 0.2) is 0 Å². The monoisotopic (exact) mass is 467 g/mol. The van der Waals surface area contributed by atoms with Gasteiger partial charge in [-0.3, -0.25) is 8.77 Å². The minimum Gasteiger partial charge on any atom is -0.342 e. The van der Waals surface area contributed by atoms with Crippen molar-refractivity contribution in [2.75, 3.05) is 5.32 Å². The average molecular weight is 468 g/mol. The maximum Gasteiger partial charge on any atom is 0.228 e. The van der Waals surface area contributed by atoms with Crippen LogP contribution >= 0.6 is 11.9 Å². The molecule has 0 saturated heterocycles. The van der Waals surface area contributed by atoms with Crippen molar-refractivity contribution in [3.05, 3.63) is 78.2 Å². The van der Waals surface area contributed by atoms with E-state index < -0.39 is 0 Å². The molecular formula is C27H25N5OS. The predicted molar refractivity (Wildman–Crippen MR) is 139 cm³/mol. The van der Waals surface area contributed by atoms with Crippen LogP contribution in [0.1, 0.15) is 24.0 Å². The molecule has 170 valence electrons. The second-order valence-electron chi connectivity index (χ2n) is 8.92. The molecular weight excluding hydrogens is 442 g/mol. The van der Waals surface area contributed by atoms with E-state index in [-0.39, 0.29) is 11.8 Å². The van der Waals surface area contributed by atoms with E-state index in [0.717, 1.165) is 57.4 Å². The standard InChI is InChI=1S/C27H25N5OS/c1-17-21(10-11-22-26(17)29-16-32(22)34-15-18-6-4-3-5-7-18)23-12-20-13-25(28-14-24(20)31(23)2)30-27(33)19-8-9-19/h3-7,10-14,16,19H,8-9,15H2,1-2H3,(H,28,30,33). The van der Waals surface area contributed by atoms with Crippen LogP contribution in [-0.2, 0) is 17.6 Å². The molecule has 1 amide bonds. The van der Waals surface area contributed by atoms with Gasteiger partial charge in [0.05, 0.1) is 22.7 Å². The lowest BCUT2D eigenvalue weighted by atomic mass is 10.0. The lowest BCUT2D eigenvalue weighted by Crippen LogP contribution is -2.14. The largest absolute Gasteiger partial charge is 0.342 e. The number of carbonyl (C=O) groups excluding carboxylic acids is 1. The third kappa shape index (κ3) is 3.76. The molecule has 0 unspecified atom stereocenters. The molecule has 0 radical (unpaired) electrons. The Balaban J connectivity index is 1.32. The highest BCUT2D eigenvalue weighted by Crippen LogP contribution is 2.35. The van der Waals surface area contributed by atoms with Crippen LogP contribution in [0, 0.1) is 12.8 Å². The summed E-state index contributed by atoms with van der Waals surface area (Å²) < 4.78 is 4.31. The zero-order valence-electron chi connectivity index (χ0n) is 19.2. The number of benzene rings is 2. The molecule has 0 bridgehead atoms. The molecule has 0 atom stereocenters. The summed E-state index contributed by atoms with van der Waals surface area (Å²) in [6, 6.07) is 18.9. The van der Waals surface area contributed by atoms with Gasteiger partial charge in [0.25, 0.3) is 0 Å². The zero-order chi connectivity index (χ0) is 23.2. The number of pyridine rings is 1. The lowest BCUT2D eigenvalue weighted by Gasteiger charge is -2.10. The first-order valence-electron chi connectivity index (χ1n) is 11.5. The second-order valence-corrected chi connectivity index (χ2v) is 9.86. The van der Waals surface area contributed by atoms with E-state index in [4.69, 9.17) is 4.98 Å². The van der Waals surface area contributed by atoms with Crippen LogP contribution in [-0.4, -0.2) is 24.4 Å². The second kappa shape index (κ2) is 8.33. The first-order chi connectivity index (χ1) is 16.6. The Morgan fingerprint density at radius 1 is 1.09 bits per heavy atom. The van der Waals surface area contributed by atoms with E-state index in [9.17, 15) is 4.79 Å². The van der Waals surface area contributed by atoms with E-state index in [1.165, 1.54) is 5.56 Å². The Labute approximate surface area is 202 Å². The number of hydrogen-bond donors (Lipinski definition) is 1. The molecule has 1 N–H and O–H groups in total. The predicted octanol–water partition coefficient (Wildman–Crippen LogP) is 5.94. The molecule has 3 aromatic heterocycles. The fraction of sp³-hybridized carbons (Fsp3) is 0.222. The summed E-state index contributed by atoms with van der Waals surface area (Å²) in [5.41, 5.74) is 7.85. The summed E-state index contributed by atoms with van der Waals surface area (Å²) in [6.45, 7) is 2.13. The molecule has 7 heteroatoms. The Kier molecular flexibility index (Phi) is 5.14. The summed E-state index contributed by atoms with van der Waals surface area (Å²) in [5, 5.41) is 4.01. The summed E-state index contributed by atoms with van der Waals surface area (Å²) >= 11 is 1.75. The van der Waals surface area contributed by atoms with Gasteiger partial charge in [0.2, 0.25) is 5.91 Å². The van der Waals surface area contributed by atoms with Crippen LogP contribution < -0.4 is 5.32 Å². The van der Waals surface area contributed by atoms with Gasteiger partial charge >= 0.3 is 0 Å². The third-order valence-corrected chi connectivity index (χ3v) is 7.59. The molecule has 1 saturated carbocycles. The van der Waals surface area contributed by atoms with E-state index in [1.807, 2.05) is 24.7 Å². The Morgan fingerprint density at radius 3 is 2.71 bits per heavy atom. The minimum atomic E-state index is 0.0741. The number of imidazole rings is 1. The Morgan fingerprint density at radius 2 is 1.91 bits per heavy atom. The molecule has 6 nitrogen and oxygen atoms in total. The van der Waals surface area contributed by atoms with E-state index in [0.29, 0.717) is 5.82 Å². The molecule has 2 aromatic carbocycles. The number of amides is 1. The normalized spacial score (nSPS) is 13.6. The number of nitrogens with zero attached hydrogens (tertiary/aromatic N) is 4. The molecule has 1 fully saturated rings. The minimum absolute atomic E-state index is 0.0741. The van der Waals surface area contributed by atoms with Gasteiger partial charge in [-0.1, -0.05) is 36.4 Å². The van der Waals surface area contributed by atoms with Crippen molar-refractivity contribution in [3.63, 3.8) is 0 Å². The van der Waals surface area contributed by atoms with Crippen LogP contribution in [0.3, 0.4) is 0 Å². The van der Waals surface area contributed by atoms with Crippen molar-refractivity contribution in [3.8, 4) is 11.3 Å². The van der Waals surface area contributed by atoms with Crippen molar-refractivity contribution in [2.45, 2.75) is 25.5 Å². The molecule has 0 spiro atoms. The van der Waals surface area contributed by atoms with Gasteiger partial charge in [-0.15, -0.1) is 0 Å². The highest BCUT2D eigenvalue weighted by molar-refractivity contribution is 7.97. The van der Waals surface area contributed by atoms with Gasteiger partial charge in [-0.2, -0.15) is 0 Å². The maximum absolute atomic E-state index is 12.1. The van der Waals surface area contributed by atoms with Crippen LogP contribution in [0.4, 0.5) is 5.82 Å². The van der Waals surface area contributed by atoms with E-state index in [2.05, 4.69) is 75.3 Å². The number of hydrogen-bond acceptors (Lipinski definition) is 4. The molecule has 0 aliphatic heterocycles.